The quantitative estimate of drug-likeness (QED) is 0.580. The van der Waals surface area contributed by atoms with Crippen LogP contribution in [0.1, 0.15) is 12.5 Å². The first kappa shape index (κ1) is 15.7. The van der Waals surface area contributed by atoms with Crippen LogP contribution in [-0.4, -0.2) is 21.7 Å². The molecule has 1 aromatic heterocycles. The van der Waals surface area contributed by atoms with Gasteiger partial charge in [-0.05, 0) is 30.2 Å². The smallest absolute Gasteiger partial charge is 0.260 e. The van der Waals surface area contributed by atoms with Crippen LogP contribution in [0.4, 0.5) is 0 Å². The molecule has 3 rings (SSSR count). The first-order valence-electron chi connectivity index (χ1n) is 7.67. The Labute approximate surface area is 140 Å². The molecule has 0 saturated heterocycles. The molecular formula is C19H18N4O. The summed E-state index contributed by atoms with van der Waals surface area (Å²) in [6.07, 6.45) is 5.30. The van der Waals surface area contributed by atoms with Gasteiger partial charge in [-0.25, -0.2) is 10.4 Å². The molecule has 0 bridgehead atoms. The second kappa shape index (κ2) is 7.37. The van der Waals surface area contributed by atoms with Gasteiger partial charge in [-0.15, -0.1) is 0 Å². The van der Waals surface area contributed by atoms with Crippen molar-refractivity contribution < 1.29 is 4.79 Å². The largest absolute Gasteiger partial charge is 0.321 e. The monoisotopic (exact) mass is 318 g/mol. The maximum atomic E-state index is 12.0. The minimum absolute atomic E-state index is 0.180. The molecule has 2 aromatic carbocycles. The molecule has 0 aliphatic heterocycles. The lowest BCUT2D eigenvalue weighted by Crippen LogP contribution is -2.22. The summed E-state index contributed by atoms with van der Waals surface area (Å²) in [5.74, 6) is -0.193. The van der Waals surface area contributed by atoms with Gasteiger partial charge in [-0.3, -0.25) is 4.79 Å². The zero-order valence-corrected chi connectivity index (χ0v) is 13.4. The fourth-order valence-corrected chi connectivity index (χ4v) is 2.38. The number of amides is 1. The number of benzene rings is 2. The van der Waals surface area contributed by atoms with E-state index in [-0.39, 0.29) is 12.5 Å². The fourth-order valence-electron chi connectivity index (χ4n) is 2.38. The second-order valence-corrected chi connectivity index (χ2v) is 5.45. The lowest BCUT2D eigenvalue weighted by molar-refractivity contribution is -0.121. The summed E-state index contributed by atoms with van der Waals surface area (Å²) in [7, 11) is 0. The molecule has 0 radical (unpaired) electrons. The molecule has 1 N–H and O–H groups in total. The molecule has 3 aromatic rings. The molecule has 0 aliphatic carbocycles. The van der Waals surface area contributed by atoms with E-state index < -0.39 is 0 Å². The SMILES string of the molecule is C/C(C=NNC(=O)Cn1cnc2ccccc21)=C\c1ccccc1. The van der Waals surface area contributed by atoms with Crippen LogP contribution in [0.2, 0.25) is 0 Å². The Balaban J connectivity index is 1.58. The highest BCUT2D eigenvalue weighted by Gasteiger charge is 2.05. The van der Waals surface area contributed by atoms with Gasteiger partial charge in [-0.1, -0.05) is 48.5 Å². The third-order valence-electron chi connectivity index (χ3n) is 3.49. The average Bonchev–Trinajstić information content (AvgIpc) is 2.99. The third kappa shape index (κ3) is 3.95. The summed E-state index contributed by atoms with van der Waals surface area (Å²) in [5, 5.41) is 4.00. The van der Waals surface area contributed by atoms with Crippen LogP contribution in [-0.2, 0) is 11.3 Å². The predicted octanol–water partition coefficient (Wildman–Crippen LogP) is 3.24. The number of rotatable bonds is 5. The van der Waals surface area contributed by atoms with Crippen molar-refractivity contribution in [1.29, 1.82) is 0 Å². The highest BCUT2D eigenvalue weighted by molar-refractivity contribution is 5.86. The molecule has 0 unspecified atom stereocenters. The maximum Gasteiger partial charge on any atom is 0.260 e. The van der Waals surface area contributed by atoms with Gasteiger partial charge in [-0.2, -0.15) is 5.10 Å². The van der Waals surface area contributed by atoms with Crippen LogP contribution in [0.3, 0.4) is 0 Å². The Bertz CT molecular complexity index is 894. The van der Waals surface area contributed by atoms with Gasteiger partial charge >= 0.3 is 0 Å². The second-order valence-electron chi connectivity index (χ2n) is 5.45. The number of imidazole rings is 1. The Kier molecular flexibility index (Phi) is 4.81. The summed E-state index contributed by atoms with van der Waals surface area (Å²) in [4.78, 5) is 16.3. The molecule has 0 aliphatic rings. The van der Waals surface area contributed by atoms with E-state index in [0.29, 0.717) is 0 Å². The van der Waals surface area contributed by atoms with Crippen molar-refractivity contribution in [2.75, 3.05) is 0 Å². The van der Waals surface area contributed by atoms with Crippen molar-refractivity contribution in [2.24, 2.45) is 5.10 Å². The highest BCUT2D eigenvalue weighted by Crippen LogP contribution is 2.11. The number of para-hydroxylation sites is 2. The molecule has 0 spiro atoms. The molecule has 5 heteroatoms. The topological polar surface area (TPSA) is 59.3 Å². The molecule has 24 heavy (non-hydrogen) atoms. The van der Waals surface area contributed by atoms with E-state index in [1.807, 2.05) is 67.6 Å². The molecule has 5 nitrogen and oxygen atoms in total. The summed E-state index contributed by atoms with van der Waals surface area (Å²) in [5.41, 5.74) is 6.39. The maximum absolute atomic E-state index is 12.0. The lowest BCUT2D eigenvalue weighted by Gasteiger charge is -2.02. The molecule has 0 atom stereocenters. The number of hydrogen-bond acceptors (Lipinski definition) is 3. The van der Waals surface area contributed by atoms with E-state index in [0.717, 1.165) is 22.2 Å². The van der Waals surface area contributed by atoms with E-state index in [1.165, 1.54) is 0 Å². The van der Waals surface area contributed by atoms with Gasteiger partial charge in [0.2, 0.25) is 0 Å². The van der Waals surface area contributed by atoms with Crippen molar-refractivity contribution >= 4 is 29.2 Å². The number of allylic oxidation sites excluding steroid dienone is 1. The van der Waals surface area contributed by atoms with Crippen molar-refractivity contribution in [3.63, 3.8) is 0 Å². The van der Waals surface area contributed by atoms with Gasteiger partial charge in [0.1, 0.15) is 6.54 Å². The Morgan fingerprint density at radius 3 is 2.75 bits per heavy atom. The number of nitrogens with one attached hydrogen (secondary N) is 1. The number of aromatic nitrogens is 2. The van der Waals surface area contributed by atoms with E-state index >= 15 is 0 Å². The normalized spacial score (nSPS) is 12.0. The number of carbonyl (C=O) groups is 1. The summed E-state index contributed by atoms with van der Waals surface area (Å²) >= 11 is 0. The van der Waals surface area contributed by atoms with E-state index in [9.17, 15) is 4.79 Å². The van der Waals surface area contributed by atoms with Crippen molar-refractivity contribution in [3.8, 4) is 0 Å². The van der Waals surface area contributed by atoms with Crippen LogP contribution in [0.25, 0.3) is 17.1 Å². The molecule has 1 amide bonds. The number of hydrazone groups is 1. The van der Waals surface area contributed by atoms with Gasteiger partial charge in [0.05, 0.1) is 23.6 Å². The number of hydrogen-bond donors (Lipinski definition) is 1. The van der Waals surface area contributed by atoms with Crippen LogP contribution in [0, 0.1) is 0 Å². The van der Waals surface area contributed by atoms with Crippen molar-refractivity contribution in [2.45, 2.75) is 13.5 Å². The first-order valence-corrected chi connectivity index (χ1v) is 7.67. The lowest BCUT2D eigenvalue weighted by atomic mass is 10.1. The molecular weight excluding hydrogens is 300 g/mol. The van der Waals surface area contributed by atoms with Crippen LogP contribution in [0.5, 0.6) is 0 Å². The molecule has 1 heterocycles. The van der Waals surface area contributed by atoms with E-state index in [1.54, 1.807) is 17.1 Å². The summed E-state index contributed by atoms with van der Waals surface area (Å²) in [6, 6.07) is 17.7. The molecule has 120 valence electrons. The van der Waals surface area contributed by atoms with Crippen molar-refractivity contribution in [1.82, 2.24) is 15.0 Å². The number of nitrogens with zero attached hydrogens (tertiary/aromatic N) is 3. The van der Waals surface area contributed by atoms with Crippen LogP contribution >= 0.6 is 0 Å². The van der Waals surface area contributed by atoms with E-state index in [2.05, 4.69) is 15.5 Å². The Morgan fingerprint density at radius 1 is 1.17 bits per heavy atom. The average molecular weight is 318 g/mol. The summed E-state index contributed by atoms with van der Waals surface area (Å²) < 4.78 is 1.80. The van der Waals surface area contributed by atoms with Gasteiger partial charge < -0.3 is 4.57 Å². The standard InChI is InChI=1S/C19H18N4O/c1-15(11-16-7-3-2-4-8-16)12-21-22-19(24)13-23-14-20-17-9-5-6-10-18(17)23/h2-12,14H,13H2,1H3,(H,22,24)/b15-11+,21-12?. The Hall–Kier alpha value is -3.21. The minimum Gasteiger partial charge on any atom is -0.321 e. The van der Waals surface area contributed by atoms with E-state index in [4.69, 9.17) is 0 Å². The highest BCUT2D eigenvalue weighted by atomic mass is 16.2. The third-order valence-corrected chi connectivity index (χ3v) is 3.49. The zero-order chi connectivity index (χ0) is 16.8. The molecule has 0 fully saturated rings. The predicted molar refractivity (Wildman–Crippen MR) is 96.5 cm³/mol. The van der Waals surface area contributed by atoms with Gasteiger partial charge in [0.25, 0.3) is 5.91 Å². The van der Waals surface area contributed by atoms with Crippen LogP contribution < -0.4 is 5.43 Å². The number of fused-ring (bicyclic) bond motifs is 1. The van der Waals surface area contributed by atoms with Gasteiger partial charge in [0, 0.05) is 0 Å². The van der Waals surface area contributed by atoms with Crippen molar-refractivity contribution in [3.05, 3.63) is 72.1 Å². The Morgan fingerprint density at radius 2 is 1.92 bits per heavy atom. The van der Waals surface area contributed by atoms with Crippen LogP contribution in [0.15, 0.2) is 71.6 Å². The van der Waals surface area contributed by atoms with Gasteiger partial charge in [0.15, 0.2) is 0 Å². The first-order chi connectivity index (χ1) is 11.7. The molecule has 0 saturated carbocycles. The minimum atomic E-state index is -0.193. The fraction of sp³-hybridized carbons (Fsp3) is 0.105. The zero-order valence-electron chi connectivity index (χ0n) is 13.4. The summed E-state index contributed by atoms with van der Waals surface area (Å²) in [6.45, 7) is 2.12. The number of carbonyl (C=O) groups excluding carboxylic acids is 1.